The van der Waals surface area contributed by atoms with E-state index in [-0.39, 0.29) is 10.8 Å². The van der Waals surface area contributed by atoms with Crippen LogP contribution < -0.4 is 0 Å². The van der Waals surface area contributed by atoms with Crippen LogP contribution in [-0.4, -0.2) is 10.2 Å². The van der Waals surface area contributed by atoms with Crippen LogP contribution in [0.2, 0.25) is 0 Å². The quantitative estimate of drug-likeness (QED) is 0.685. The molecule has 11 heavy (non-hydrogen) atoms. The molecule has 1 aromatic rings. The molecule has 0 radical (unpaired) electrons. The summed E-state index contributed by atoms with van der Waals surface area (Å²) in [5.74, 6) is 0.0861. The van der Waals surface area contributed by atoms with Gasteiger partial charge in [0.25, 0.3) is 4.84 Å². The molecule has 1 rings (SSSR count). The maximum Gasteiger partial charge on any atom is 0.284 e. The third kappa shape index (κ3) is 1.65. The summed E-state index contributed by atoms with van der Waals surface area (Å²) in [5, 5.41) is 14.8. The highest BCUT2D eigenvalue weighted by atomic mass is 32.1. The Labute approximate surface area is 68.8 Å². The molecule has 0 aliphatic carbocycles. The van der Waals surface area contributed by atoms with Crippen LogP contribution in [0.25, 0.3) is 0 Å². The number of nitrogens with zero attached hydrogens (tertiary/aromatic N) is 2. The summed E-state index contributed by atoms with van der Waals surface area (Å²) in [6, 6.07) is 2.06. The van der Waals surface area contributed by atoms with Gasteiger partial charge in [-0.15, -0.1) is 5.10 Å². The second kappa shape index (κ2) is 3.30. The van der Waals surface area contributed by atoms with Gasteiger partial charge in [0.05, 0.1) is 6.07 Å². The molecule has 0 saturated heterocycles. The van der Waals surface area contributed by atoms with Gasteiger partial charge in [0, 0.05) is 0 Å². The van der Waals surface area contributed by atoms with E-state index in [0.717, 1.165) is 0 Å². The van der Waals surface area contributed by atoms with Crippen LogP contribution in [0, 0.1) is 16.2 Å². The average molecular weight is 169 g/mol. The van der Waals surface area contributed by atoms with E-state index in [4.69, 9.17) is 9.68 Å². The molecule has 0 aromatic carbocycles. The summed E-state index contributed by atoms with van der Waals surface area (Å²) in [5.41, 5.74) is 0. The fraction of sp³-hybridized carbons (Fsp3) is 0.500. The zero-order chi connectivity index (χ0) is 8.27. The molecule has 0 amide bonds. The van der Waals surface area contributed by atoms with Gasteiger partial charge in [-0.3, -0.25) is 0 Å². The van der Waals surface area contributed by atoms with Gasteiger partial charge in [0.2, 0.25) is 5.89 Å². The number of nitriles is 1. The minimum Gasteiger partial charge on any atom is -0.413 e. The van der Waals surface area contributed by atoms with Gasteiger partial charge in [0.1, 0.15) is 5.92 Å². The normalized spacial score (nSPS) is 12.4. The Bertz CT molecular complexity index is 321. The maximum atomic E-state index is 8.59. The summed E-state index contributed by atoms with van der Waals surface area (Å²) in [6.07, 6.45) is 0.680. The van der Waals surface area contributed by atoms with Crippen LogP contribution in [0.5, 0.6) is 0 Å². The Morgan fingerprint density at radius 3 is 3.00 bits per heavy atom. The summed E-state index contributed by atoms with van der Waals surface area (Å²) < 4.78 is 4.95. The summed E-state index contributed by atoms with van der Waals surface area (Å²) in [4.78, 5) is 0.216. The number of H-pyrrole nitrogens is 1. The number of hydrogen-bond donors (Lipinski definition) is 1. The largest absolute Gasteiger partial charge is 0.413 e. The number of aromatic nitrogens is 2. The molecule has 1 aromatic heterocycles. The van der Waals surface area contributed by atoms with E-state index in [1.165, 1.54) is 0 Å². The summed E-state index contributed by atoms with van der Waals surface area (Å²) in [7, 11) is 0. The van der Waals surface area contributed by atoms with Crippen molar-refractivity contribution in [2.24, 2.45) is 0 Å². The van der Waals surface area contributed by atoms with Gasteiger partial charge >= 0.3 is 0 Å². The van der Waals surface area contributed by atoms with Crippen LogP contribution in [0.3, 0.4) is 0 Å². The molecule has 0 aliphatic heterocycles. The number of hydrogen-bond acceptors (Lipinski definition) is 4. The van der Waals surface area contributed by atoms with E-state index in [2.05, 4.69) is 28.5 Å². The molecule has 1 atom stereocenters. The first kappa shape index (κ1) is 7.95. The highest BCUT2D eigenvalue weighted by Gasteiger charge is 2.12. The van der Waals surface area contributed by atoms with E-state index >= 15 is 0 Å². The van der Waals surface area contributed by atoms with Crippen molar-refractivity contribution in [2.75, 3.05) is 0 Å². The fourth-order valence-electron chi connectivity index (χ4n) is 0.712. The van der Waals surface area contributed by atoms with Crippen molar-refractivity contribution >= 4 is 12.2 Å². The molecule has 1 unspecified atom stereocenters. The van der Waals surface area contributed by atoms with Crippen molar-refractivity contribution in [1.82, 2.24) is 10.2 Å². The third-order valence-electron chi connectivity index (χ3n) is 1.32. The second-order valence-corrected chi connectivity index (χ2v) is 2.41. The first-order valence-electron chi connectivity index (χ1n) is 3.23. The van der Waals surface area contributed by atoms with Gasteiger partial charge in [-0.25, -0.2) is 5.10 Å². The first-order valence-corrected chi connectivity index (χ1v) is 3.63. The Kier molecular flexibility index (Phi) is 2.39. The van der Waals surface area contributed by atoms with Crippen molar-refractivity contribution in [1.29, 1.82) is 5.26 Å². The lowest BCUT2D eigenvalue weighted by molar-refractivity contribution is 0.461. The van der Waals surface area contributed by atoms with Gasteiger partial charge in [-0.05, 0) is 18.6 Å². The zero-order valence-electron chi connectivity index (χ0n) is 6.00. The van der Waals surface area contributed by atoms with Crippen molar-refractivity contribution in [3.63, 3.8) is 0 Å². The van der Waals surface area contributed by atoms with E-state index in [9.17, 15) is 0 Å². The molecule has 0 spiro atoms. The van der Waals surface area contributed by atoms with Crippen molar-refractivity contribution in [3.05, 3.63) is 10.7 Å². The lowest BCUT2D eigenvalue weighted by Gasteiger charge is -1.95. The van der Waals surface area contributed by atoms with E-state index in [1.807, 2.05) is 6.92 Å². The van der Waals surface area contributed by atoms with Crippen molar-refractivity contribution < 1.29 is 4.42 Å². The molecule has 0 saturated carbocycles. The Morgan fingerprint density at radius 1 is 1.91 bits per heavy atom. The van der Waals surface area contributed by atoms with E-state index in [0.29, 0.717) is 12.3 Å². The number of nitrogens with one attached hydrogen (secondary N) is 1. The molecule has 0 fully saturated rings. The van der Waals surface area contributed by atoms with Gasteiger partial charge < -0.3 is 4.42 Å². The Balaban J connectivity index is 2.93. The Morgan fingerprint density at radius 2 is 2.64 bits per heavy atom. The van der Waals surface area contributed by atoms with Gasteiger partial charge in [-0.1, -0.05) is 6.92 Å². The predicted octanol–water partition coefficient (Wildman–Crippen LogP) is 1.75. The molecular weight excluding hydrogens is 162 g/mol. The molecular formula is C6H7N3OS. The maximum absolute atomic E-state index is 8.59. The average Bonchev–Trinajstić information content (AvgIpc) is 2.39. The molecule has 1 N–H and O–H groups in total. The van der Waals surface area contributed by atoms with Crippen LogP contribution in [0.15, 0.2) is 4.42 Å². The molecule has 5 heteroatoms. The predicted molar refractivity (Wildman–Crippen MR) is 40.3 cm³/mol. The number of rotatable bonds is 2. The topological polar surface area (TPSA) is 65.6 Å². The summed E-state index contributed by atoms with van der Waals surface area (Å²) >= 11 is 4.65. The minimum atomic E-state index is -0.289. The summed E-state index contributed by atoms with van der Waals surface area (Å²) in [6.45, 7) is 1.89. The lowest BCUT2D eigenvalue weighted by atomic mass is 10.1. The molecule has 1 heterocycles. The Hall–Kier alpha value is -1.15. The second-order valence-electron chi connectivity index (χ2n) is 2.04. The lowest BCUT2D eigenvalue weighted by Crippen LogP contribution is -1.93. The molecule has 0 aliphatic rings. The van der Waals surface area contributed by atoms with Crippen molar-refractivity contribution in [2.45, 2.75) is 19.3 Å². The minimum absolute atomic E-state index is 0.216. The van der Waals surface area contributed by atoms with Gasteiger partial charge in [0.15, 0.2) is 0 Å². The molecule has 4 nitrogen and oxygen atoms in total. The van der Waals surface area contributed by atoms with E-state index < -0.39 is 0 Å². The van der Waals surface area contributed by atoms with Crippen molar-refractivity contribution in [3.8, 4) is 6.07 Å². The number of aromatic amines is 1. The third-order valence-corrected chi connectivity index (χ3v) is 1.49. The fourth-order valence-corrected chi connectivity index (χ4v) is 0.843. The first-order chi connectivity index (χ1) is 5.27. The molecule has 58 valence electrons. The van der Waals surface area contributed by atoms with Crippen LogP contribution in [0.4, 0.5) is 0 Å². The smallest absolute Gasteiger partial charge is 0.284 e. The SMILES string of the molecule is CCC(C#N)c1n[nH]c(=S)o1. The van der Waals surface area contributed by atoms with Crippen LogP contribution in [-0.2, 0) is 0 Å². The van der Waals surface area contributed by atoms with Crippen LogP contribution >= 0.6 is 12.2 Å². The zero-order valence-corrected chi connectivity index (χ0v) is 6.81. The van der Waals surface area contributed by atoms with E-state index in [1.54, 1.807) is 0 Å². The highest BCUT2D eigenvalue weighted by molar-refractivity contribution is 7.71. The van der Waals surface area contributed by atoms with Gasteiger partial charge in [-0.2, -0.15) is 5.26 Å². The highest BCUT2D eigenvalue weighted by Crippen LogP contribution is 2.14. The monoisotopic (exact) mass is 169 g/mol. The standard InChI is InChI=1S/C6H7N3OS/c1-2-4(3-7)5-8-9-6(11)10-5/h4H,2H2,1H3,(H,9,11). The van der Waals surface area contributed by atoms with Crippen LogP contribution in [0.1, 0.15) is 25.2 Å². The molecule has 0 bridgehead atoms.